The lowest BCUT2D eigenvalue weighted by atomic mass is 10.3. The van der Waals surface area contributed by atoms with Gasteiger partial charge in [-0.1, -0.05) is 12.2 Å². The van der Waals surface area contributed by atoms with Crippen molar-refractivity contribution in [3.05, 3.63) is 23.3 Å². The van der Waals surface area contributed by atoms with Gasteiger partial charge < -0.3 is 9.47 Å². The van der Waals surface area contributed by atoms with Gasteiger partial charge in [0.2, 0.25) is 0 Å². The first-order valence-corrected chi connectivity index (χ1v) is 6.13. The highest BCUT2D eigenvalue weighted by Crippen LogP contribution is 2.00. The van der Waals surface area contributed by atoms with E-state index in [4.69, 9.17) is 9.47 Å². The summed E-state index contributed by atoms with van der Waals surface area (Å²) in [5.41, 5.74) is 1.20. The summed E-state index contributed by atoms with van der Waals surface area (Å²) in [7, 11) is 0. The average molecular weight is 254 g/mol. The van der Waals surface area contributed by atoms with Crippen LogP contribution in [0.25, 0.3) is 0 Å². The van der Waals surface area contributed by atoms with Gasteiger partial charge in [0.25, 0.3) is 0 Å². The van der Waals surface area contributed by atoms with Crippen molar-refractivity contribution in [2.75, 3.05) is 13.2 Å². The van der Waals surface area contributed by atoms with Crippen LogP contribution >= 0.6 is 0 Å². The number of carbonyl (C=O) groups is 2. The van der Waals surface area contributed by atoms with Crippen LogP contribution in [-0.4, -0.2) is 25.2 Å². The second-order valence-electron chi connectivity index (χ2n) is 3.92. The van der Waals surface area contributed by atoms with Crippen molar-refractivity contribution < 1.29 is 19.1 Å². The number of carbonyl (C=O) groups excluding carboxylic acids is 2. The number of esters is 2. The van der Waals surface area contributed by atoms with E-state index in [1.165, 1.54) is 0 Å². The zero-order valence-corrected chi connectivity index (χ0v) is 11.6. The van der Waals surface area contributed by atoms with Crippen molar-refractivity contribution in [2.24, 2.45) is 0 Å². The lowest BCUT2D eigenvalue weighted by Crippen LogP contribution is -2.09. The monoisotopic (exact) mass is 254 g/mol. The van der Waals surface area contributed by atoms with Gasteiger partial charge in [-0.3, -0.25) is 0 Å². The number of hydrogen-bond donors (Lipinski definition) is 0. The Morgan fingerprint density at radius 1 is 0.833 bits per heavy atom. The van der Waals surface area contributed by atoms with E-state index in [1.54, 1.807) is 39.8 Å². The van der Waals surface area contributed by atoms with Crippen LogP contribution in [0.1, 0.15) is 40.5 Å². The summed E-state index contributed by atoms with van der Waals surface area (Å²) in [5, 5.41) is 0. The predicted molar refractivity (Wildman–Crippen MR) is 70.0 cm³/mol. The van der Waals surface area contributed by atoms with E-state index in [0.29, 0.717) is 37.2 Å². The molecule has 0 atom stereocenters. The first kappa shape index (κ1) is 16.4. The van der Waals surface area contributed by atoms with Gasteiger partial charge in [-0.15, -0.1) is 0 Å². The van der Waals surface area contributed by atoms with Crippen molar-refractivity contribution in [2.45, 2.75) is 40.5 Å². The molecule has 0 aliphatic rings. The van der Waals surface area contributed by atoms with Gasteiger partial charge in [-0.2, -0.15) is 0 Å². The van der Waals surface area contributed by atoms with E-state index in [-0.39, 0.29) is 11.9 Å². The Kier molecular flexibility index (Phi) is 8.62. The summed E-state index contributed by atoms with van der Waals surface area (Å²) in [4.78, 5) is 22.5. The molecule has 0 amide bonds. The van der Waals surface area contributed by atoms with Crippen LogP contribution in [0.2, 0.25) is 0 Å². The van der Waals surface area contributed by atoms with Gasteiger partial charge in [0.1, 0.15) is 0 Å². The molecule has 4 nitrogen and oxygen atoms in total. The van der Waals surface area contributed by atoms with Crippen LogP contribution in [0.3, 0.4) is 0 Å². The van der Waals surface area contributed by atoms with Gasteiger partial charge in [0.15, 0.2) is 0 Å². The maximum Gasteiger partial charge on any atom is 0.333 e. The van der Waals surface area contributed by atoms with E-state index in [1.807, 2.05) is 0 Å². The van der Waals surface area contributed by atoms with Crippen LogP contribution in [0, 0.1) is 0 Å². The summed E-state index contributed by atoms with van der Waals surface area (Å²) in [6, 6.07) is 0. The first-order chi connectivity index (χ1) is 8.52. The molecular weight excluding hydrogens is 232 g/mol. The van der Waals surface area contributed by atoms with E-state index in [0.717, 1.165) is 0 Å². The summed E-state index contributed by atoms with van der Waals surface area (Å²) in [5.74, 6) is -0.585. The zero-order valence-electron chi connectivity index (χ0n) is 11.6. The predicted octanol–water partition coefficient (Wildman–Crippen LogP) is 2.79. The van der Waals surface area contributed by atoms with Crippen molar-refractivity contribution in [3.8, 4) is 0 Å². The Bertz CT molecular complexity index is 306. The molecule has 0 radical (unpaired) electrons. The number of hydrogen-bond acceptors (Lipinski definition) is 4. The van der Waals surface area contributed by atoms with Crippen LogP contribution in [-0.2, 0) is 19.1 Å². The Balaban J connectivity index is 3.59. The van der Waals surface area contributed by atoms with E-state index >= 15 is 0 Å². The van der Waals surface area contributed by atoms with E-state index in [2.05, 4.69) is 0 Å². The Hall–Kier alpha value is -1.58. The molecule has 0 aliphatic heterocycles. The normalized spacial score (nSPS) is 12.2. The van der Waals surface area contributed by atoms with Crippen LogP contribution in [0.15, 0.2) is 23.3 Å². The number of unbranched alkanes of at least 4 members (excludes halogenated alkanes) is 1. The Labute approximate surface area is 109 Å². The largest absolute Gasteiger partial charge is 0.462 e. The maximum absolute atomic E-state index is 11.3. The molecule has 18 heavy (non-hydrogen) atoms. The molecule has 0 spiro atoms. The van der Waals surface area contributed by atoms with Gasteiger partial charge in [-0.25, -0.2) is 9.59 Å². The van der Waals surface area contributed by atoms with Gasteiger partial charge in [0.05, 0.1) is 13.2 Å². The fourth-order valence-electron chi connectivity index (χ4n) is 0.997. The third-order valence-corrected chi connectivity index (χ3v) is 2.51. The minimum Gasteiger partial charge on any atom is -0.462 e. The standard InChI is InChI=1S/C14H22O4/c1-5-11(3)13(15)17-9-7-8-10-18-14(16)12(4)6-2/h5-6H,7-10H2,1-4H3. The highest BCUT2D eigenvalue weighted by atomic mass is 16.5. The van der Waals surface area contributed by atoms with Crippen LogP contribution < -0.4 is 0 Å². The van der Waals surface area contributed by atoms with Crippen molar-refractivity contribution in [1.82, 2.24) is 0 Å². The summed E-state index contributed by atoms with van der Waals surface area (Å²) >= 11 is 0. The number of ether oxygens (including phenoxy) is 2. The molecule has 0 unspecified atom stereocenters. The van der Waals surface area contributed by atoms with E-state index in [9.17, 15) is 9.59 Å². The van der Waals surface area contributed by atoms with E-state index < -0.39 is 0 Å². The fourth-order valence-corrected chi connectivity index (χ4v) is 0.997. The molecule has 0 rings (SSSR count). The second kappa shape index (κ2) is 9.45. The highest BCUT2D eigenvalue weighted by molar-refractivity contribution is 5.87. The van der Waals surface area contributed by atoms with Gasteiger partial charge in [0, 0.05) is 11.1 Å². The second-order valence-corrected chi connectivity index (χ2v) is 3.92. The smallest absolute Gasteiger partial charge is 0.333 e. The highest BCUT2D eigenvalue weighted by Gasteiger charge is 2.05. The minimum absolute atomic E-state index is 0.292. The average Bonchev–Trinajstić information content (AvgIpc) is 2.39. The molecule has 0 aromatic heterocycles. The zero-order chi connectivity index (χ0) is 14.0. The maximum atomic E-state index is 11.3. The van der Waals surface area contributed by atoms with Gasteiger partial charge in [-0.05, 0) is 40.5 Å². The summed E-state index contributed by atoms with van der Waals surface area (Å²) < 4.78 is 10.0. The summed E-state index contributed by atoms with van der Waals surface area (Å²) in [6.07, 6.45) is 4.80. The molecule has 0 aromatic rings. The Morgan fingerprint density at radius 3 is 1.44 bits per heavy atom. The molecule has 102 valence electrons. The molecule has 0 aromatic carbocycles. The molecule has 0 saturated heterocycles. The first-order valence-electron chi connectivity index (χ1n) is 6.13. The molecule has 0 N–H and O–H groups in total. The Morgan fingerprint density at radius 2 is 1.17 bits per heavy atom. The van der Waals surface area contributed by atoms with Crippen LogP contribution in [0.5, 0.6) is 0 Å². The molecule has 0 heterocycles. The number of rotatable bonds is 7. The SMILES string of the molecule is CC=C(C)C(=O)OCCCCOC(=O)C(C)=CC. The molecule has 4 heteroatoms. The van der Waals surface area contributed by atoms with Crippen molar-refractivity contribution >= 4 is 11.9 Å². The number of allylic oxidation sites excluding steroid dienone is 2. The van der Waals surface area contributed by atoms with Crippen molar-refractivity contribution in [3.63, 3.8) is 0 Å². The third kappa shape index (κ3) is 6.89. The molecule has 0 fully saturated rings. The molecule has 0 saturated carbocycles. The molecule has 0 bridgehead atoms. The van der Waals surface area contributed by atoms with Crippen LogP contribution in [0.4, 0.5) is 0 Å². The topological polar surface area (TPSA) is 52.6 Å². The molecule has 0 aliphatic carbocycles. The fraction of sp³-hybridized carbons (Fsp3) is 0.571. The molecular formula is C14H22O4. The quantitative estimate of drug-likeness (QED) is 0.398. The lowest BCUT2D eigenvalue weighted by Gasteiger charge is -2.06. The lowest BCUT2D eigenvalue weighted by molar-refractivity contribution is -0.141. The summed E-state index contributed by atoms with van der Waals surface area (Å²) in [6.45, 7) is 7.71. The van der Waals surface area contributed by atoms with Crippen molar-refractivity contribution in [1.29, 1.82) is 0 Å². The third-order valence-electron chi connectivity index (χ3n) is 2.51. The van der Waals surface area contributed by atoms with Gasteiger partial charge >= 0.3 is 11.9 Å². The minimum atomic E-state index is -0.292.